The zero-order valence-corrected chi connectivity index (χ0v) is 26.5. The highest BCUT2D eigenvalue weighted by Gasteiger charge is 2.17. The maximum Gasteiger partial charge on any atom is 0.329 e. The van der Waals surface area contributed by atoms with E-state index in [1.54, 1.807) is 24.3 Å². The quantitative estimate of drug-likeness (QED) is 0.119. The minimum absolute atomic E-state index is 0.268. The minimum atomic E-state index is -4.10. The van der Waals surface area contributed by atoms with E-state index in [9.17, 15) is 28.7 Å². The van der Waals surface area contributed by atoms with Gasteiger partial charge in [-0.05, 0) is 11.1 Å². The van der Waals surface area contributed by atoms with Crippen LogP contribution in [0.25, 0.3) is 33.3 Å². The van der Waals surface area contributed by atoms with Gasteiger partial charge in [-0.3, -0.25) is 9.13 Å². The molecule has 0 unspecified atom stereocenters. The van der Waals surface area contributed by atoms with Gasteiger partial charge in [0.1, 0.15) is 11.4 Å². The fourth-order valence-corrected chi connectivity index (χ4v) is 6.74. The van der Waals surface area contributed by atoms with E-state index < -0.39 is 15.2 Å². The lowest BCUT2D eigenvalue weighted by atomic mass is 10.0. The highest BCUT2D eigenvalue weighted by Crippen LogP contribution is 2.39. The van der Waals surface area contributed by atoms with E-state index in [1.807, 2.05) is 107 Å². The van der Waals surface area contributed by atoms with Crippen LogP contribution in [0, 0.1) is 0 Å². The molecule has 6 aromatic rings. The molecule has 0 aliphatic heterocycles. The lowest BCUT2D eigenvalue weighted by Gasteiger charge is -2.09. The van der Waals surface area contributed by atoms with Crippen LogP contribution in [0.15, 0.2) is 122 Å². The molecule has 3 aromatic heterocycles. The van der Waals surface area contributed by atoms with Gasteiger partial charge in [0.25, 0.3) is 0 Å². The summed E-state index contributed by atoms with van der Waals surface area (Å²) in [7, 11) is -8.19. The molecule has 0 spiro atoms. The Morgan fingerprint density at radius 2 is 0.804 bits per heavy atom. The van der Waals surface area contributed by atoms with E-state index in [-0.39, 0.29) is 12.3 Å². The number of benzene rings is 3. The molecule has 10 nitrogen and oxygen atoms in total. The first-order valence-corrected chi connectivity index (χ1v) is 18.1. The molecular formula is C34H32N4O6P2+2. The molecule has 3 aromatic carbocycles. The Bertz CT molecular complexity index is 1930. The summed E-state index contributed by atoms with van der Waals surface area (Å²) in [6.45, 7) is 1.22. The number of aromatic nitrogens is 4. The lowest BCUT2D eigenvalue weighted by Crippen LogP contribution is -2.33. The largest absolute Gasteiger partial charge is 0.329 e. The molecule has 46 heavy (non-hydrogen) atoms. The van der Waals surface area contributed by atoms with Crippen molar-refractivity contribution in [3.05, 3.63) is 144 Å². The molecular weight excluding hydrogens is 622 g/mol. The summed E-state index contributed by atoms with van der Waals surface area (Å²) in [5.41, 5.74) is 6.66. The van der Waals surface area contributed by atoms with Crippen molar-refractivity contribution in [2.24, 2.45) is 0 Å². The van der Waals surface area contributed by atoms with Crippen LogP contribution < -0.4 is 9.13 Å². The summed E-state index contributed by atoms with van der Waals surface area (Å²) in [4.78, 5) is 36.8. The fourth-order valence-electron chi connectivity index (χ4n) is 5.37. The van der Waals surface area contributed by atoms with Gasteiger partial charge in [-0.25, -0.2) is 9.13 Å². The molecule has 0 radical (unpaired) electrons. The molecule has 12 heteroatoms. The maximum atomic E-state index is 11.3. The van der Waals surface area contributed by atoms with E-state index in [4.69, 9.17) is 0 Å². The Labute approximate surface area is 265 Å². The normalized spacial score (nSPS) is 12.0. The number of nitrogens with zero attached hydrogens (tertiary/aromatic N) is 4. The molecule has 6 rings (SSSR count). The van der Waals surface area contributed by atoms with Crippen molar-refractivity contribution in [3.63, 3.8) is 0 Å². The molecule has 0 saturated heterocycles. The predicted molar refractivity (Wildman–Crippen MR) is 173 cm³/mol. The van der Waals surface area contributed by atoms with Crippen molar-refractivity contribution in [2.75, 3.05) is 0 Å². The standard InChI is InChI=1S/C34H30N4O6P2/c39-45(40,41)23-27-9-5-25(6-10-27)21-37-17-13-29(14-18-37)33-31-3-1-2-4-32(31)34(36-35-33)30-15-19-38(20-16-30)22-26-7-11-28(12-8-26)24-46(42,43)44/h1-20H,21-24H2,(H2-2,39,40,41,42,43,44)/p+2. The Kier molecular flexibility index (Phi) is 9.02. The third-order valence-electron chi connectivity index (χ3n) is 7.57. The molecule has 3 heterocycles. The van der Waals surface area contributed by atoms with Crippen LogP contribution in [0.1, 0.15) is 22.3 Å². The van der Waals surface area contributed by atoms with E-state index in [0.717, 1.165) is 44.4 Å². The SMILES string of the molecule is O=P(O)(O)Cc1ccc(C[n+]2ccc(-c3nnc(-c4cc[n+](Cc5ccc(CP(=O)(O)O)cc5)cc4)c4ccccc34)cc2)cc1. The Balaban J connectivity index is 1.18. The van der Waals surface area contributed by atoms with Gasteiger partial charge in [0.05, 0.1) is 12.3 Å². The van der Waals surface area contributed by atoms with E-state index in [1.165, 1.54) is 0 Å². The smallest absolute Gasteiger partial charge is 0.324 e. The van der Waals surface area contributed by atoms with Crippen LogP contribution in [0.3, 0.4) is 0 Å². The van der Waals surface area contributed by atoms with Crippen LogP contribution in [0.5, 0.6) is 0 Å². The first kappa shape index (κ1) is 31.6. The van der Waals surface area contributed by atoms with Crippen LogP contribution in [0.2, 0.25) is 0 Å². The van der Waals surface area contributed by atoms with Gasteiger partial charge in [-0.1, -0.05) is 72.8 Å². The van der Waals surface area contributed by atoms with E-state index >= 15 is 0 Å². The van der Waals surface area contributed by atoms with Gasteiger partial charge in [0.2, 0.25) is 0 Å². The molecule has 0 amide bonds. The predicted octanol–water partition coefficient (Wildman–Crippen LogP) is 4.99. The minimum Gasteiger partial charge on any atom is -0.324 e. The summed E-state index contributed by atoms with van der Waals surface area (Å²) >= 11 is 0. The van der Waals surface area contributed by atoms with Gasteiger partial charge in [0, 0.05) is 57.3 Å². The average molecular weight is 655 g/mol. The lowest BCUT2D eigenvalue weighted by molar-refractivity contribution is -0.688. The van der Waals surface area contributed by atoms with Crippen LogP contribution in [0.4, 0.5) is 0 Å². The summed E-state index contributed by atoms with van der Waals surface area (Å²) < 4.78 is 26.6. The molecule has 232 valence electrons. The maximum absolute atomic E-state index is 11.3. The fraction of sp³-hybridized carbons (Fsp3) is 0.118. The first-order valence-electron chi connectivity index (χ1n) is 14.5. The van der Waals surface area contributed by atoms with Gasteiger partial charge in [-0.2, -0.15) is 0 Å². The molecule has 0 atom stereocenters. The van der Waals surface area contributed by atoms with Crippen molar-refractivity contribution >= 4 is 26.0 Å². The van der Waals surface area contributed by atoms with E-state index in [2.05, 4.69) is 10.2 Å². The summed E-state index contributed by atoms with van der Waals surface area (Å²) in [6.07, 6.45) is 7.37. The third-order valence-corrected chi connectivity index (χ3v) is 9.12. The molecule has 4 N–H and O–H groups in total. The van der Waals surface area contributed by atoms with Crippen molar-refractivity contribution in [3.8, 4) is 22.5 Å². The number of hydrogen-bond donors (Lipinski definition) is 4. The highest BCUT2D eigenvalue weighted by molar-refractivity contribution is 7.51. The third kappa shape index (κ3) is 8.05. The number of pyridine rings is 2. The second-order valence-corrected chi connectivity index (χ2v) is 14.5. The van der Waals surface area contributed by atoms with Crippen molar-refractivity contribution in [1.82, 2.24) is 10.2 Å². The summed E-state index contributed by atoms with van der Waals surface area (Å²) in [6, 6.07) is 30.6. The highest BCUT2D eigenvalue weighted by atomic mass is 31.2. The van der Waals surface area contributed by atoms with Crippen LogP contribution in [-0.2, 0) is 34.5 Å². The Hall–Kier alpha value is -4.40. The molecule has 0 aliphatic rings. The molecule has 0 fully saturated rings. The van der Waals surface area contributed by atoms with Crippen molar-refractivity contribution < 1.29 is 37.8 Å². The van der Waals surface area contributed by atoms with Gasteiger partial charge in [0.15, 0.2) is 37.9 Å². The van der Waals surface area contributed by atoms with Crippen molar-refractivity contribution in [2.45, 2.75) is 25.4 Å². The Morgan fingerprint density at radius 3 is 1.13 bits per heavy atom. The van der Waals surface area contributed by atoms with Gasteiger partial charge in [-0.15, -0.1) is 10.2 Å². The number of hydrogen-bond acceptors (Lipinski definition) is 4. The monoisotopic (exact) mass is 654 g/mol. The average Bonchev–Trinajstić information content (AvgIpc) is 3.02. The number of fused-ring (bicyclic) bond motifs is 1. The zero-order chi connectivity index (χ0) is 32.3. The van der Waals surface area contributed by atoms with Gasteiger partial charge < -0.3 is 19.6 Å². The molecule has 0 bridgehead atoms. The first-order chi connectivity index (χ1) is 22.0. The van der Waals surface area contributed by atoms with Crippen molar-refractivity contribution in [1.29, 1.82) is 0 Å². The second-order valence-electron chi connectivity index (χ2n) is 11.2. The second kappa shape index (κ2) is 13.1. The number of rotatable bonds is 10. The topological polar surface area (TPSA) is 149 Å². The summed E-state index contributed by atoms with van der Waals surface area (Å²) in [5.74, 6) is 0. The molecule has 0 aliphatic carbocycles. The Morgan fingerprint density at radius 1 is 0.478 bits per heavy atom. The van der Waals surface area contributed by atoms with Crippen LogP contribution >= 0.6 is 15.2 Å². The molecule has 0 saturated carbocycles. The van der Waals surface area contributed by atoms with E-state index in [0.29, 0.717) is 24.2 Å². The van der Waals surface area contributed by atoms with Crippen LogP contribution in [-0.4, -0.2) is 29.8 Å². The van der Waals surface area contributed by atoms with Gasteiger partial charge >= 0.3 is 15.2 Å². The zero-order valence-electron chi connectivity index (χ0n) is 24.7. The summed E-state index contributed by atoms with van der Waals surface area (Å²) in [5, 5.41) is 11.3.